The minimum atomic E-state index is -1.13. The molecule has 124 valence electrons. The molecule has 4 amide bonds. The predicted molar refractivity (Wildman–Crippen MR) is 86.7 cm³/mol. The number of nitrogens with zero attached hydrogens (tertiary/aromatic N) is 1. The molecular formula is C17H23N3O3. The molecule has 1 atom stereocenters. The number of rotatable bonds is 6. The second kappa shape index (κ2) is 6.81. The summed E-state index contributed by atoms with van der Waals surface area (Å²) >= 11 is 0. The van der Waals surface area contributed by atoms with Crippen LogP contribution in [-0.2, 0) is 21.5 Å². The van der Waals surface area contributed by atoms with Crippen LogP contribution >= 0.6 is 0 Å². The zero-order valence-electron chi connectivity index (χ0n) is 13.8. The van der Waals surface area contributed by atoms with Crippen molar-refractivity contribution in [2.24, 2.45) is 0 Å². The predicted octanol–water partition coefficient (Wildman–Crippen LogP) is 1.54. The van der Waals surface area contributed by atoms with Crippen LogP contribution in [-0.4, -0.2) is 35.8 Å². The number of likely N-dealkylation sites (N-methyl/N-ethyl adjacent to an activating group) is 1. The van der Waals surface area contributed by atoms with Gasteiger partial charge in [-0.1, -0.05) is 37.6 Å². The average molecular weight is 317 g/mol. The van der Waals surface area contributed by atoms with Gasteiger partial charge in [-0.2, -0.15) is 0 Å². The van der Waals surface area contributed by atoms with Gasteiger partial charge in [-0.3, -0.25) is 14.5 Å². The van der Waals surface area contributed by atoms with E-state index in [1.165, 1.54) is 5.56 Å². The number of nitrogens with one attached hydrogen (secondary N) is 2. The third-order valence-electron chi connectivity index (χ3n) is 4.02. The average Bonchev–Trinajstić information content (AvgIpc) is 2.73. The molecule has 1 heterocycles. The van der Waals surface area contributed by atoms with Crippen LogP contribution in [0.15, 0.2) is 24.3 Å². The first-order valence-corrected chi connectivity index (χ1v) is 7.92. The monoisotopic (exact) mass is 317 g/mol. The minimum absolute atomic E-state index is 0.262. The fraction of sp³-hybridized carbons (Fsp3) is 0.471. The summed E-state index contributed by atoms with van der Waals surface area (Å²) in [4.78, 5) is 37.4. The van der Waals surface area contributed by atoms with Gasteiger partial charge < -0.3 is 10.6 Å². The Morgan fingerprint density at radius 2 is 1.87 bits per heavy atom. The van der Waals surface area contributed by atoms with Crippen LogP contribution < -0.4 is 10.6 Å². The maximum Gasteiger partial charge on any atom is 0.325 e. The maximum atomic E-state index is 12.7. The Labute approximate surface area is 136 Å². The van der Waals surface area contributed by atoms with Gasteiger partial charge in [0.15, 0.2) is 0 Å². The second-order valence-corrected chi connectivity index (χ2v) is 5.85. The van der Waals surface area contributed by atoms with Crippen LogP contribution in [0.5, 0.6) is 0 Å². The van der Waals surface area contributed by atoms with Crippen LogP contribution in [0.2, 0.25) is 0 Å². The highest BCUT2D eigenvalue weighted by Crippen LogP contribution is 2.29. The van der Waals surface area contributed by atoms with Gasteiger partial charge in [0, 0.05) is 6.54 Å². The third kappa shape index (κ3) is 3.36. The van der Waals surface area contributed by atoms with Crippen LogP contribution in [0.4, 0.5) is 4.79 Å². The highest BCUT2D eigenvalue weighted by atomic mass is 16.2. The number of imide groups is 1. The van der Waals surface area contributed by atoms with Crippen molar-refractivity contribution >= 4 is 17.8 Å². The molecule has 0 spiro atoms. The molecule has 23 heavy (non-hydrogen) atoms. The first-order valence-electron chi connectivity index (χ1n) is 7.92. The Morgan fingerprint density at radius 3 is 2.43 bits per heavy atom. The molecule has 1 aromatic rings. The van der Waals surface area contributed by atoms with Crippen molar-refractivity contribution in [3.63, 3.8) is 0 Å². The van der Waals surface area contributed by atoms with Gasteiger partial charge in [-0.25, -0.2) is 4.79 Å². The molecule has 1 saturated heterocycles. The fourth-order valence-corrected chi connectivity index (χ4v) is 2.73. The molecule has 6 nitrogen and oxygen atoms in total. The van der Waals surface area contributed by atoms with Gasteiger partial charge in [0.2, 0.25) is 5.91 Å². The quantitative estimate of drug-likeness (QED) is 0.781. The maximum absolute atomic E-state index is 12.7. The zero-order chi connectivity index (χ0) is 17.0. The zero-order valence-corrected chi connectivity index (χ0v) is 13.8. The fourth-order valence-electron chi connectivity index (χ4n) is 2.73. The highest BCUT2D eigenvalue weighted by Gasteiger charge is 2.49. The van der Waals surface area contributed by atoms with E-state index in [2.05, 4.69) is 17.6 Å². The smallest absolute Gasteiger partial charge is 0.325 e. The molecule has 0 bridgehead atoms. The summed E-state index contributed by atoms with van der Waals surface area (Å²) < 4.78 is 0. The standard InChI is InChI=1S/C17H23N3O3/c1-4-6-12-7-9-13(10-8-12)17(3)15(22)20(16(23)19-17)11-14(21)18-5-2/h7-10H,4-6,11H2,1-3H3,(H,18,21)(H,19,23). The van der Waals surface area contributed by atoms with E-state index in [1.54, 1.807) is 13.8 Å². The van der Waals surface area contributed by atoms with Gasteiger partial charge in [-0.05, 0) is 31.4 Å². The molecule has 0 radical (unpaired) electrons. The topological polar surface area (TPSA) is 78.5 Å². The van der Waals surface area contributed by atoms with E-state index in [0.29, 0.717) is 12.1 Å². The Hall–Kier alpha value is -2.37. The van der Waals surface area contributed by atoms with Gasteiger partial charge >= 0.3 is 6.03 Å². The molecule has 1 aliphatic rings. The minimum Gasteiger partial charge on any atom is -0.355 e. The van der Waals surface area contributed by atoms with Crippen molar-refractivity contribution < 1.29 is 14.4 Å². The number of aryl methyl sites for hydroxylation is 1. The summed E-state index contributed by atoms with van der Waals surface area (Å²) in [5, 5.41) is 5.29. The molecule has 6 heteroatoms. The summed E-state index contributed by atoms with van der Waals surface area (Å²) in [7, 11) is 0. The third-order valence-corrected chi connectivity index (χ3v) is 4.02. The molecule has 0 aliphatic carbocycles. The molecule has 0 saturated carbocycles. The summed E-state index contributed by atoms with van der Waals surface area (Å²) in [6.07, 6.45) is 2.02. The Morgan fingerprint density at radius 1 is 1.22 bits per heavy atom. The lowest BCUT2D eigenvalue weighted by Gasteiger charge is -2.22. The van der Waals surface area contributed by atoms with Crippen LogP contribution in [0.3, 0.4) is 0 Å². The van der Waals surface area contributed by atoms with E-state index in [9.17, 15) is 14.4 Å². The lowest BCUT2D eigenvalue weighted by atomic mass is 9.91. The van der Waals surface area contributed by atoms with Crippen molar-refractivity contribution in [2.75, 3.05) is 13.1 Å². The Bertz CT molecular complexity index is 612. The van der Waals surface area contributed by atoms with E-state index < -0.39 is 17.5 Å². The SMILES string of the molecule is CCCc1ccc(C2(C)NC(=O)N(CC(=O)NCC)C2=O)cc1. The number of hydrogen-bond acceptors (Lipinski definition) is 3. The largest absolute Gasteiger partial charge is 0.355 e. The van der Waals surface area contributed by atoms with Crippen LogP contribution in [0.1, 0.15) is 38.3 Å². The van der Waals surface area contributed by atoms with Crippen molar-refractivity contribution in [1.82, 2.24) is 15.5 Å². The normalized spacial score (nSPS) is 20.6. The number of carbonyl (C=O) groups excluding carboxylic acids is 3. The molecule has 2 N–H and O–H groups in total. The first kappa shape index (κ1) is 17.0. The van der Waals surface area contributed by atoms with Crippen molar-refractivity contribution in [2.45, 2.75) is 39.2 Å². The summed E-state index contributed by atoms with van der Waals surface area (Å²) in [5.74, 6) is -0.754. The number of benzene rings is 1. The molecule has 0 aromatic heterocycles. The highest BCUT2D eigenvalue weighted by molar-refractivity contribution is 6.09. The van der Waals surface area contributed by atoms with Crippen molar-refractivity contribution in [3.8, 4) is 0 Å². The van der Waals surface area contributed by atoms with Gasteiger partial charge in [-0.15, -0.1) is 0 Å². The van der Waals surface area contributed by atoms with Crippen LogP contribution in [0, 0.1) is 0 Å². The molecule has 2 rings (SSSR count). The number of urea groups is 1. The van der Waals surface area contributed by atoms with Crippen LogP contribution in [0.25, 0.3) is 0 Å². The summed E-state index contributed by atoms with van der Waals surface area (Å²) in [5.41, 5.74) is 0.777. The second-order valence-electron chi connectivity index (χ2n) is 5.85. The van der Waals surface area contributed by atoms with Gasteiger partial charge in [0.25, 0.3) is 5.91 Å². The Balaban J connectivity index is 2.20. The summed E-state index contributed by atoms with van der Waals surface area (Å²) in [6.45, 7) is 5.75. The van der Waals surface area contributed by atoms with E-state index in [0.717, 1.165) is 17.7 Å². The molecule has 1 aliphatic heterocycles. The van der Waals surface area contributed by atoms with E-state index >= 15 is 0 Å². The molecule has 1 aromatic carbocycles. The first-order chi connectivity index (χ1) is 10.9. The lowest BCUT2D eigenvalue weighted by Crippen LogP contribution is -2.43. The van der Waals surface area contributed by atoms with E-state index in [-0.39, 0.29) is 12.5 Å². The van der Waals surface area contributed by atoms with Gasteiger partial charge in [0.05, 0.1) is 0 Å². The molecule has 1 fully saturated rings. The Kier molecular flexibility index (Phi) is 5.03. The number of hydrogen-bond donors (Lipinski definition) is 2. The van der Waals surface area contributed by atoms with E-state index in [1.807, 2.05) is 24.3 Å². The van der Waals surface area contributed by atoms with Crippen molar-refractivity contribution in [1.29, 1.82) is 0 Å². The van der Waals surface area contributed by atoms with Gasteiger partial charge in [0.1, 0.15) is 12.1 Å². The number of amides is 4. The number of carbonyl (C=O) groups is 3. The van der Waals surface area contributed by atoms with Crippen molar-refractivity contribution in [3.05, 3.63) is 35.4 Å². The summed E-state index contributed by atoms with van der Waals surface area (Å²) in [6, 6.07) is 7.12. The molecular weight excluding hydrogens is 294 g/mol. The molecule has 1 unspecified atom stereocenters. The lowest BCUT2D eigenvalue weighted by molar-refractivity contribution is -0.134. The van der Waals surface area contributed by atoms with E-state index in [4.69, 9.17) is 0 Å².